The van der Waals surface area contributed by atoms with Crippen molar-refractivity contribution in [2.45, 2.75) is 60.7 Å². The molecule has 2 fully saturated rings. The highest BCUT2D eigenvalue weighted by atomic mass is 32.2. The van der Waals surface area contributed by atoms with Gasteiger partial charge >= 0.3 is 0 Å². The van der Waals surface area contributed by atoms with Gasteiger partial charge in [-0.25, -0.2) is 0 Å². The summed E-state index contributed by atoms with van der Waals surface area (Å²) >= 11 is 1.72. The number of carbonyl (C=O) groups excluding carboxylic acids is 2. The summed E-state index contributed by atoms with van der Waals surface area (Å²) in [7, 11) is -1.92. The van der Waals surface area contributed by atoms with Crippen LogP contribution in [-0.2, 0) is 23.8 Å². The van der Waals surface area contributed by atoms with E-state index in [-0.39, 0.29) is 30.5 Å². The third-order valence-corrected chi connectivity index (χ3v) is 12.8. The number of nitrogens with zero attached hydrogens (tertiary/aromatic N) is 1. The van der Waals surface area contributed by atoms with Crippen molar-refractivity contribution in [1.29, 1.82) is 0 Å². The van der Waals surface area contributed by atoms with Crippen LogP contribution < -0.4 is 0 Å². The second-order valence-electron chi connectivity index (χ2n) is 11.6. The molecule has 0 saturated carbocycles. The molecule has 0 N–H and O–H groups in total. The zero-order chi connectivity index (χ0) is 27.8. The molecule has 0 unspecified atom stereocenters. The highest BCUT2D eigenvalue weighted by Gasteiger charge is 2.71. The van der Waals surface area contributed by atoms with Gasteiger partial charge in [0.25, 0.3) is 0 Å². The molecule has 3 aromatic rings. The van der Waals surface area contributed by atoms with Crippen LogP contribution in [0.4, 0.5) is 0 Å². The molecule has 2 aliphatic heterocycles. The molecule has 39 heavy (non-hydrogen) atoms. The number of rotatable bonds is 8. The maximum Gasteiger partial charge on any atom is 0.237 e. The van der Waals surface area contributed by atoms with Gasteiger partial charge in [0.2, 0.25) is 5.91 Å². The second kappa shape index (κ2) is 10.7. The standard InChI is InChI=1S/C32H37NO4SSi/c1-30(2,3)33-28(35)32(39(4)5,27(34)26-21-36-22-37-26)29(33)38-31(23-15-9-6-10-16-23,24-17-11-7-12-18-24)25-19-13-8-14-20-25/h6-20,26,29,39H,21-22H2,1-5H3/t26-,29+,32-/m0/s1. The van der Waals surface area contributed by atoms with Crippen LogP contribution in [0.5, 0.6) is 0 Å². The van der Waals surface area contributed by atoms with Crippen LogP contribution in [0.2, 0.25) is 18.1 Å². The molecule has 5 nitrogen and oxygen atoms in total. The molecular weight excluding hydrogens is 523 g/mol. The Bertz CT molecular complexity index is 1210. The van der Waals surface area contributed by atoms with Gasteiger partial charge in [0.15, 0.2) is 5.78 Å². The Morgan fingerprint density at radius 2 is 1.33 bits per heavy atom. The summed E-state index contributed by atoms with van der Waals surface area (Å²) in [6.07, 6.45) is -0.714. The monoisotopic (exact) mass is 559 g/mol. The van der Waals surface area contributed by atoms with Gasteiger partial charge in [0.05, 0.1) is 25.5 Å². The van der Waals surface area contributed by atoms with Crippen LogP contribution >= 0.6 is 11.8 Å². The third kappa shape index (κ3) is 4.49. The Hall–Kier alpha value is -2.71. The predicted octanol–water partition coefficient (Wildman–Crippen LogP) is 5.85. The summed E-state index contributed by atoms with van der Waals surface area (Å²) in [6.45, 7) is 10.7. The Morgan fingerprint density at radius 1 is 0.872 bits per heavy atom. The molecule has 3 aromatic carbocycles. The molecule has 2 heterocycles. The van der Waals surface area contributed by atoms with E-state index in [0.717, 1.165) is 16.7 Å². The number of carbonyl (C=O) groups is 2. The Kier molecular flexibility index (Phi) is 7.63. The van der Waals surface area contributed by atoms with Crippen LogP contribution in [-0.4, -0.2) is 55.8 Å². The first-order valence-corrected chi connectivity index (χ1v) is 17.3. The van der Waals surface area contributed by atoms with Crippen LogP contribution in [0.3, 0.4) is 0 Å². The fraction of sp³-hybridized carbons (Fsp3) is 0.375. The van der Waals surface area contributed by atoms with Crippen LogP contribution in [0.1, 0.15) is 37.5 Å². The van der Waals surface area contributed by atoms with E-state index in [1.807, 2.05) is 23.1 Å². The lowest BCUT2D eigenvalue weighted by Gasteiger charge is -2.63. The average Bonchev–Trinajstić information content (AvgIpc) is 3.47. The van der Waals surface area contributed by atoms with Gasteiger partial charge in [0, 0.05) is 5.54 Å². The maximum absolute atomic E-state index is 14.3. The molecule has 0 bridgehead atoms. The van der Waals surface area contributed by atoms with Crippen LogP contribution in [0.25, 0.3) is 0 Å². The van der Waals surface area contributed by atoms with E-state index >= 15 is 0 Å². The first-order chi connectivity index (χ1) is 18.6. The zero-order valence-corrected chi connectivity index (χ0v) is 25.3. The quantitative estimate of drug-likeness (QED) is 0.150. The van der Waals surface area contributed by atoms with Gasteiger partial charge in [-0.15, -0.1) is 11.8 Å². The van der Waals surface area contributed by atoms with Gasteiger partial charge in [-0.1, -0.05) is 104 Å². The summed E-state index contributed by atoms with van der Waals surface area (Å²) in [5, 5.41) is -1.49. The zero-order valence-electron chi connectivity index (χ0n) is 23.3. The highest BCUT2D eigenvalue weighted by molar-refractivity contribution is 8.01. The molecule has 204 valence electrons. The SMILES string of the molecule is C[SiH](C)[C@@]1(C(=O)[C@@H]2COCO2)C(=O)N(C(C)(C)C)[C@@H]1SC(c1ccccc1)(c1ccccc1)c1ccccc1. The number of thioether (sulfide) groups is 1. The minimum Gasteiger partial charge on any atom is -0.352 e. The Labute approximate surface area is 237 Å². The van der Waals surface area contributed by atoms with Crippen molar-refractivity contribution < 1.29 is 19.1 Å². The van der Waals surface area contributed by atoms with Gasteiger partial charge in [0.1, 0.15) is 17.9 Å². The fourth-order valence-electron chi connectivity index (χ4n) is 6.04. The smallest absolute Gasteiger partial charge is 0.237 e. The lowest BCUT2D eigenvalue weighted by molar-refractivity contribution is -0.163. The van der Waals surface area contributed by atoms with Crippen molar-refractivity contribution in [1.82, 2.24) is 4.90 Å². The molecule has 5 rings (SSSR count). The number of β-lactam (4-membered cyclic amide) rings is 1. The summed E-state index contributed by atoms with van der Waals surface area (Å²) in [4.78, 5) is 30.6. The molecule has 2 aliphatic rings. The lowest BCUT2D eigenvalue weighted by Crippen LogP contribution is -2.76. The highest BCUT2D eigenvalue weighted by Crippen LogP contribution is 2.63. The summed E-state index contributed by atoms with van der Waals surface area (Å²) in [5.74, 6) is -0.189. The predicted molar refractivity (Wildman–Crippen MR) is 159 cm³/mol. The van der Waals surface area contributed by atoms with E-state index in [1.165, 1.54) is 0 Å². The summed E-state index contributed by atoms with van der Waals surface area (Å²) in [6, 6.07) is 31.3. The molecule has 3 atom stereocenters. The van der Waals surface area contributed by atoms with Crippen molar-refractivity contribution in [3.63, 3.8) is 0 Å². The molecule has 1 amide bonds. The first kappa shape index (κ1) is 27.8. The summed E-state index contributed by atoms with van der Waals surface area (Å²) < 4.78 is 10.5. The van der Waals surface area contributed by atoms with Crippen molar-refractivity contribution in [3.8, 4) is 0 Å². The molecule has 0 spiro atoms. The first-order valence-electron chi connectivity index (χ1n) is 13.6. The van der Waals surface area contributed by atoms with Crippen LogP contribution in [0, 0.1) is 0 Å². The van der Waals surface area contributed by atoms with E-state index in [4.69, 9.17) is 9.47 Å². The van der Waals surface area contributed by atoms with E-state index in [1.54, 1.807) is 11.8 Å². The molecule has 2 saturated heterocycles. The van der Waals surface area contributed by atoms with Crippen molar-refractivity contribution >= 4 is 32.2 Å². The largest absolute Gasteiger partial charge is 0.352 e. The number of benzene rings is 3. The van der Waals surface area contributed by atoms with Crippen molar-refractivity contribution in [3.05, 3.63) is 108 Å². The average molecular weight is 560 g/mol. The number of Topliss-reactive ketones (excluding diaryl/α,β-unsaturated/α-hetero) is 1. The normalized spacial score (nSPS) is 23.6. The third-order valence-electron chi connectivity index (χ3n) is 7.98. The molecule has 0 aliphatic carbocycles. The second-order valence-corrected chi connectivity index (χ2v) is 16.1. The van der Waals surface area contributed by atoms with Gasteiger partial charge in [-0.2, -0.15) is 0 Å². The number of amides is 1. The summed E-state index contributed by atoms with van der Waals surface area (Å²) in [5.41, 5.74) is 2.85. The van der Waals surface area contributed by atoms with E-state index in [9.17, 15) is 9.59 Å². The fourth-order valence-corrected chi connectivity index (χ4v) is 11.2. The van der Waals surface area contributed by atoms with Crippen LogP contribution in [0.15, 0.2) is 91.0 Å². The van der Waals surface area contributed by atoms with Gasteiger partial charge in [-0.05, 0) is 37.5 Å². The van der Waals surface area contributed by atoms with E-state index < -0.39 is 30.2 Å². The molecule has 7 heteroatoms. The molecule has 0 radical (unpaired) electrons. The Morgan fingerprint density at radius 3 is 1.69 bits per heavy atom. The van der Waals surface area contributed by atoms with Crippen molar-refractivity contribution in [2.75, 3.05) is 13.4 Å². The van der Waals surface area contributed by atoms with Gasteiger partial charge < -0.3 is 14.4 Å². The van der Waals surface area contributed by atoms with E-state index in [0.29, 0.717) is 0 Å². The topological polar surface area (TPSA) is 55.8 Å². The number of likely N-dealkylation sites (tertiary alicyclic amines) is 1. The minimum atomic E-state index is -1.92. The number of hydrogen-bond acceptors (Lipinski definition) is 5. The number of ether oxygens (including phenoxy) is 2. The maximum atomic E-state index is 14.3. The van der Waals surface area contributed by atoms with Crippen molar-refractivity contribution in [2.24, 2.45) is 0 Å². The molecular formula is C32H37NO4SSi. The Balaban J connectivity index is 1.77. The molecule has 0 aromatic heterocycles. The lowest BCUT2D eigenvalue weighted by atomic mass is 9.83. The minimum absolute atomic E-state index is 0.0715. The number of hydrogen-bond donors (Lipinski definition) is 0. The van der Waals surface area contributed by atoms with Gasteiger partial charge in [-0.3, -0.25) is 9.59 Å². The van der Waals surface area contributed by atoms with E-state index in [2.05, 4.69) is 107 Å². The number of ketones is 1.